The third kappa shape index (κ3) is 3.05. The number of carbonyl (C=O) groups excluding carboxylic acids is 1. The van der Waals surface area contributed by atoms with E-state index >= 15 is 0 Å². The molecular weight excluding hydrogens is 310 g/mol. The molecule has 1 saturated heterocycles. The summed E-state index contributed by atoms with van der Waals surface area (Å²) in [7, 11) is 0. The van der Waals surface area contributed by atoms with Gasteiger partial charge in [-0.05, 0) is 33.3 Å². The Bertz CT molecular complexity index is 684. The molecule has 1 aromatic carbocycles. The average Bonchev–Trinajstić information content (AvgIpc) is 3.04. The summed E-state index contributed by atoms with van der Waals surface area (Å²) in [6.45, 7) is 6.25. The first kappa shape index (κ1) is 16.6. The maximum Gasteiger partial charge on any atom is 0.311 e. The van der Waals surface area contributed by atoms with Gasteiger partial charge in [0.25, 0.3) is 5.91 Å². The number of carboxylic acid groups (broad SMARTS) is 1. The normalized spacial score (nSPS) is 24.4. The zero-order valence-electron chi connectivity index (χ0n) is 14.3. The van der Waals surface area contributed by atoms with Gasteiger partial charge in [-0.15, -0.1) is 0 Å². The van der Waals surface area contributed by atoms with E-state index in [1.165, 1.54) is 0 Å². The van der Waals surface area contributed by atoms with Crippen molar-refractivity contribution in [3.8, 4) is 11.5 Å². The first-order chi connectivity index (χ1) is 11.2. The number of fused-ring (bicyclic) bond motifs is 1. The van der Waals surface area contributed by atoms with E-state index in [9.17, 15) is 14.7 Å². The van der Waals surface area contributed by atoms with Gasteiger partial charge in [0, 0.05) is 25.1 Å². The number of para-hydroxylation sites is 1. The number of carbonyl (C=O) groups is 2. The minimum absolute atomic E-state index is 0.115. The molecule has 1 atom stereocenters. The molecule has 1 fully saturated rings. The van der Waals surface area contributed by atoms with Gasteiger partial charge in [-0.3, -0.25) is 9.59 Å². The molecule has 3 rings (SSSR count). The summed E-state index contributed by atoms with van der Waals surface area (Å²) < 4.78 is 11.6. The van der Waals surface area contributed by atoms with E-state index in [1.807, 2.05) is 26.0 Å². The molecule has 1 unspecified atom stereocenters. The molecule has 6 nitrogen and oxygen atoms in total. The van der Waals surface area contributed by atoms with E-state index < -0.39 is 11.4 Å². The summed E-state index contributed by atoms with van der Waals surface area (Å²) in [5.41, 5.74) is -0.0644. The van der Waals surface area contributed by atoms with Gasteiger partial charge < -0.3 is 19.5 Å². The van der Waals surface area contributed by atoms with Crippen LogP contribution in [0.2, 0.25) is 0 Å². The first-order valence-electron chi connectivity index (χ1n) is 8.15. The SMILES string of the molecule is CC1(C)Cc2cccc(OCC(=O)N3CCC(C)(C(=O)O)C3)c2O1. The monoisotopic (exact) mass is 333 g/mol. The summed E-state index contributed by atoms with van der Waals surface area (Å²) in [5.74, 6) is 0.198. The van der Waals surface area contributed by atoms with Crippen LogP contribution < -0.4 is 9.47 Å². The molecule has 0 spiro atoms. The molecule has 0 bridgehead atoms. The zero-order valence-corrected chi connectivity index (χ0v) is 14.3. The van der Waals surface area contributed by atoms with Gasteiger partial charge in [-0.2, -0.15) is 0 Å². The topological polar surface area (TPSA) is 76.1 Å². The molecule has 0 saturated carbocycles. The number of benzene rings is 1. The summed E-state index contributed by atoms with van der Waals surface area (Å²) in [5, 5.41) is 9.25. The van der Waals surface area contributed by atoms with E-state index in [-0.39, 0.29) is 24.7 Å². The predicted octanol–water partition coefficient (Wildman–Crippen LogP) is 2.10. The van der Waals surface area contributed by atoms with Crippen molar-refractivity contribution in [1.82, 2.24) is 4.90 Å². The van der Waals surface area contributed by atoms with Gasteiger partial charge >= 0.3 is 5.97 Å². The van der Waals surface area contributed by atoms with Crippen molar-refractivity contribution in [2.45, 2.75) is 39.2 Å². The second-order valence-electron chi connectivity index (χ2n) is 7.50. The molecule has 0 aliphatic carbocycles. The molecule has 130 valence electrons. The number of likely N-dealkylation sites (tertiary alicyclic amines) is 1. The summed E-state index contributed by atoms with van der Waals surface area (Å²) in [4.78, 5) is 25.2. The summed E-state index contributed by atoms with van der Waals surface area (Å²) in [6, 6.07) is 5.68. The fraction of sp³-hybridized carbons (Fsp3) is 0.556. The average molecular weight is 333 g/mol. The van der Waals surface area contributed by atoms with Crippen LogP contribution in [-0.4, -0.2) is 47.2 Å². The van der Waals surface area contributed by atoms with Crippen LogP contribution in [0, 0.1) is 5.41 Å². The molecule has 0 radical (unpaired) electrons. The van der Waals surface area contributed by atoms with E-state index in [0.717, 1.165) is 12.0 Å². The van der Waals surface area contributed by atoms with Crippen LogP contribution in [0.15, 0.2) is 18.2 Å². The molecular formula is C18H23NO5. The fourth-order valence-electron chi connectivity index (χ4n) is 3.28. The number of rotatable bonds is 4. The molecule has 2 aliphatic heterocycles. The quantitative estimate of drug-likeness (QED) is 0.913. The lowest BCUT2D eigenvalue weighted by Crippen LogP contribution is -2.37. The van der Waals surface area contributed by atoms with E-state index in [2.05, 4.69) is 0 Å². The van der Waals surface area contributed by atoms with Gasteiger partial charge in [0.1, 0.15) is 5.60 Å². The lowest BCUT2D eigenvalue weighted by molar-refractivity contribution is -0.147. The number of hydrogen-bond acceptors (Lipinski definition) is 4. The Morgan fingerprint density at radius 3 is 2.75 bits per heavy atom. The Balaban J connectivity index is 1.63. The highest BCUT2D eigenvalue weighted by molar-refractivity contribution is 5.81. The van der Waals surface area contributed by atoms with Crippen LogP contribution in [0.4, 0.5) is 0 Å². The Labute approximate surface area is 141 Å². The van der Waals surface area contributed by atoms with Crippen LogP contribution in [0.25, 0.3) is 0 Å². The zero-order chi connectivity index (χ0) is 17.5. The highest BCUT2D eigenvalue weighted by Crippen LogP contribution is 2.41. The van der Waals surface area contributed by atoms with Crippen LogP contribution in [-0.2, 0) is 16.0 Å². The highest BCUT2D eigenvalue weighted by atomic mass is 16.5. The largest absolute Gasteiger partial charge is 0.483 e. The Hall–Kier alpha value is -2.24. The predicted molar refractivity (Wildman–Crippen MR) is 87.3 cm³/mol. The lowest BCUT2D eigenvalue weighted by Gasteiger charge is -2.21. The minimum atomic E-state index is -0.866. The van der Waals surface area contributed by atoms with Crippen LogP contribution in [0.5, 0.6) is 11.5 Å². The highest BCUT2D eigenvalue weighted by Gasteiger charge is 2.42. The lowest BCUT2D eigenvalue weighted by atomic mass is 9.90. The van der Waals surface area contributed by atoms with E-state index in [4.69, 9.17) is 9.47 Å². The molecule has 0 aromatic heterocycles. The van der Waals surface area contributed by atoms with Crippen LogP contribution >= 0.6 is 0 Å². The van der Waals surface area contributed by atoms with Gasteiger partial charge in [-0.1, -0.05) is 12.1 Å². The number of hydrogen-bond donors (Lipinski definition) is 1. The molecule has 1 aromatic rings. The van der Waals surface area contributed by atoms with E-state index in [0.29, 0.717) is 24.5 Å². The standard InChI is InChI=1S/C18H23NO5/c1-17(2)9-12-5-4-6-13(15(12)24-17)23-10-14(20)19-8-7-18(3,11-19)16(21)22/h4-6H,7-11H2,1-3H3,(H,21,22). The molecule has 2 aliphatic rings. The Morgan fingerprint density at radius 1 is 1.33 bits per heavy atom. The second kappa shape index (κ2) is 5.69. The number of ether oxygens (including phenoxy) is 2. The van der Waals surface area contributed by atoms with Gasteiger partial charge in [0.15, 0.2) is 18.1 Å². The third-order valence-electron chi connectivity index (χ3n) is 4.75. The number of amides is 1. The minimum Gasteiger partial charge on any atom is -0.483 e. The van der Waals surface area contributed by atoms with Crippen molar-refractivity contribution in [3.05, 3.63) is 23.8 Å². The fourth-order valence-corrected chi connectivity index (χ4v) is 3.28. The van der Waals surface area contributed by atoms with Crippen LogP contribution in [0.3, 0.4) is 0 Å². The summed E-state index contributed by atoms with van der Waals surface area (Å²) >= 11 is 0. The first-order valence-corrected chi connectivity index (χ1v) is 8.15. The van der Waals surface area contributed by atoms with Crippen molar-refractivity contribution in [2.24, 2.45) is 5.41 Å². The molecule has 1 amide bonds. The number of aliphatic carboxylic acids is 1. The maximum atomic E-state index is 12.3. The Morgan fingerprint density at radius 2 is 2.08 bits per heavy atom. The van der Waals surface area contributed by atoms with Crippen molar-refractivity contribution >= 4 is 11.9 Å². The van der Waals surface area contributed by atoms with Crippen molar-refractivity contribution in [3.63, 3.8) is 0 Å². The van der Waals surface area contributed by atoms with Gasteiger partial charge in [0.2, 0.25) is 0 Å². The smallest absolute Gasteiger partial charge is 0.311 e. The van der Waals surface area contributed by atoms with Crippen LogP contribution in [0.1, 0.15) is 32.8 Å². The number of carboxylic acids is 1. The van der Waals surface area contributed by atoms with Gasteiger partial charge in [-0.25, -0.2) is 0 Å². The van der Waals surface area contributed by atoms with Crippen molar-refractivity contribution in [2.75, 3.05) is 19.7 Å². The summed E-state index contributed by atoms with van der Waals surface area (Å²) in [6.07, 6.45) is 1.27. The second-order valence-corrected chi connectivity index (χ2v) is 7.50. The molecule has 6 heteroatoms. The number of nitrogens with zero attached hydrogens (tertiary/aromatic N) is 1. The molecule has 1 N–H and O–H groups in total. The Kier molecular flexibility index (Phi) is 3.94. The van der Waals surface area contributed by atoms with Gasteiger partial charge in [0.05, 0.1) is 5.41 Å². The van der Waals surface area contributed by atoms with E-state index in [1.54, 1.807) is 17.9 Å². The molecule has 24 heavy (non-hydrogen) atoms. The third-order valence-corrected chi connectivity index (χ3v) is 4.75. The molecule has 2 heterocycles. The van der Waals surface area contributed by atoms with Crippen molar-refractivity contribution in [1.29, 1.82) is 0 Å². The van der Waals surface area contributed by atoms with Crippen molar-refractivity contribution < 1.29 is 24.2 Å². The maximum absolute atomic E-state index is 12.3.